The van der Waals surface area contributed by atoms with Crippen LogP contribution in [-0.2, 0) is 48.8 Å². The minimum Gasteiger partial charge on any atom is -0.448 e. The number of hydrogen-bond donors (Lipinski definition) is 2. The van der Waals surface area contributed by atoms with E-state index >= 15 is 0 Å². The Bertz CT molecular complexity index is 1260. The second kappa shape index (κ2) is 11.7. The van der Waals surface area contributed by atoms with Crippen molar-refractivity contribution in [2.75, 3.05) is 30.3 Å². The number of halogens is 1. The molecule has 39 heavy (non-hydrogen) atoms. The van der Waals surface area contributed by atoms with E-state index in [1.807, 2.05) is 0 Å². The van der Waals surface area contributed by atoms with Crippen LogP contribution in [0, 0.1) is 11.7 Å². The lowest BCUT2D eigenvalue weighted by molar-refractivity contribution is -0.178. The maximum atomic E-state index is 13.4. The molecule has 0 saturated carbocycles. The zero-order valence-electron chi connectivity index (χ0n) is 22.2. The third-order valence-corrected chi connectivity index (χ3v) is 7.03. The monoisotopic (exact) mass is 544 g/mol. The number of carbonyl (C=O) groups is 4. The fraction of sp³-hybridized carbons (Fsp3) is 0.500. The number of aryl methyl sites for hydroxylation is 1. The molecule has 0 unspecified atom stereocenters. The molecule has 4 rings (SSSR count). The molecule has 3 heterocycles. The average Bonchev–Trinajstić information content (AvgIpc) is 3.46. The number of piperidine rings is 1. The number of rotatable bonds is 8. The standard InChI is InChI=1S/C26H33FN6O6/c1-15(34)38-23(24(39-16(2)35)26(37)33-13-18-12-30-31(3)22(18)14-33)25(36)29-11-17-6-8-32(9-7-17)21-5-4-19(27)10-20(21)28/h4-5,10,12,17,23-24H,6-9,11,13-14,28H2,1-3H3,(H,29,36)/t23-,24-/m1/s1. The Morgan fingerprint density at radius 3 is 2.38 bits per heavy atom. The lowest BCUT2D eigenvalue weighted by Gasteiger charge is -2.34. The number of esters is 2. The molecule has 2 aromatic rings. The van der Waals surface area contributed by atoms with Crippen LogP contribution < -0.4 is 16.0 Å². The average molecular weight is 545 g/mol. The molecule has 1 saturated heterocycles. The highest BCUT2D eigenvalue weighted by molar-refractivity contribution is 5.93. The number of amides is 2. The van der Waals surface area contributed by atoms with Crippen LogP contribution in [0.1, 0.15) is 37.9 Å². The summed E-state index contributed by atoms with van der Waals surface area (Å²) < 4.78 is 25.5. The highest BCUT2D eigenvalue weighted by Gasteiger charge is 2.43. The summed E-state index contributed by atoms with van der Waals surface area (Å²) in [6, 6.07) is 4.30. The third kappa shape index (κ3) is 6.47. The van der Waals surface area contributed by atoms with Gasteiger partial charge in [-0.1, -0.05) is 0 Å². The molecule has 0 aliphatic carbocycles. The molecule has 2 aliphatic rings. The molecule has 2 aliphatic heterocycles. The Kier molecular flexibility index (Phi) is 8.36. The Morgan fingerprint density at radius 1 is 1.10 bits per heavy atom. The highest BCUT2D eigenvalue weighted by Crippen LogP contribution is 2.29. The molecule has 210 valence electrons. The predicted octanol–water partition coefficient (Wildman–Crippen LogP) is 0.880. The van der Waals surface area contributed by atoms with Gasteiger partial charge in [-0.15, -0.1) is 0 Å². The van der Waals surface area contributed by atoms with Gasteiger partial charge in [0, 0.05) is 52.6 Å². The zero-order valence-corrected chi connectivity index (χ0v) is 22.2. The molecule has 3 N–H and O–H groups in total. The van der Waals surface area contributed by atoms with Crippen LogP contribution in [0.5, 0.6) is 0 Å². The third-order valence-electron chi connectivity index (χ3n) is 7.03. The van der Waals surface area contributed by atoms with E-state index in [2.05, 4.69) is 15.3 Å². The maximum absolute atomic E-state index is 13.4. The first-order chi connectivity index (χ1) is 18.5. The van der Waals surface area contributed by atoms with Crippen molar-refractivity contribution in [1.29, 1.82) is 0 Å². The normalized spacial score (nSPS) is 16.8. The van der Waals surface area contributed by atoms with Crippen LogP contribution in [0.4, 0.5) is 15.8 Å². The molecule has 1 fully saturated rings. The molecule has 0 radical (unpaired) electrons. The van der Waals surface area contributed by atoms with Crippen molar-refractivity contribution in [3.05, 3.63) is 41.5 Å². The van der Waals surface area contributed by atoms with Crippen molar-refractivity contribution in [3.63, 3.8) is 0 Å². The van der Waals surface area contributed by atoms with Gasteiger partial charge in [-0.25, -0.2) is 4.39 Å². The number of ether oxygens (including phenoxy) is 2. The Labute approximate surface area is 225 Å². The molecule has 2 atom stereocenters. The quantitative estimate of drug-likeness (QED) is 0.365. The number of aromatic nitrogens is 2. The Hall–Kier alpha value is -4.16. The summed E-state index contributed by atoms with van der Waals surface area (Å²) in [5, 5.41) is 6.93. The van der Waals surface area contributed by atoms with Crippen molar-refractivity contribution in [2.24, 2.45) is 13.0 Å². The van der Waals surface area contributed by atoms with Crippen molar-refractivity contribution in [3.8, 4) is 0 Å². The first-order valence-electron chi connectivity index (χ1n) is 12.7. The number of nitrogens with zero attached hydrogens (tertiary/aromatic N) is 4. The highest BCUT2D eigenvalue weighted by atomic mass is 19.1. The Balaban J connectivity index is 1.39. The molecular weight excluding hydrogens is 511 g/mol. The van der Waals surface area contributed by atoms with Crippen LogP contribution in [0.15, 0.2) is 24.4 Å². The molecule has 1 aromatic carbocycles. The van der Waals surface area contributed by atoms with Gasteiger partial charge in [-0.2, -0.15) is 5.10 Å². The van der Waals surface area contributed by atoms with Gasteiger partial charge in [-0.3, -0.25) is 23.9 Å². The SMILES string of the molecule is CC(=O)O[C@@H](C(=O)NCC1CCN(c2ccc(F)cc2N)CC1)[C@@H](OC(C)=O)C(=O)N1Cc2cnn(C)c2C1. The van der Waals surface area contributed by atoms with Gasteiger partial charge in [0.25, 0.3) is 11.8 Å². The van der Waals surface area contributed by atoms with Gasteiger partial charge in [-0.05, 0) is 37.0 Å². The number of anilines is 2. The number of benzene rings is 1. The minimum atomic E-state index is -1.65. The topological polar surface area (TPSA) is 149 Å². The number of nitrogen functional groups attached to an aromatic ring is 1. The first-order valence-corrected chi connectivity index (χ1v) is 12.7. The zero-order chi connectivity index (χ0) is 28.3. The summed E-state index contributed by atoms with van der Waals surface area (Å²) in [6.07, 6.45) is -0.199. The van der Waals surface area contributed by atoms with Crippen LogP contribution in [0.2, 0.25) is 0 Å². The van der Waals surface area contributed by atoms with E-state index in [1.54, 1.807) is 24.0 Å². The van der Waals surface area contributed by atoms with Crippen molar-refractivity contribution < 1.29 is 33.0 Å². The summed E-state index contributed by atoms with van der Waals surface area (Å²) in [5.74, 6) is -3.24. The summed E-state index contributed by atoms with van der Waals surface area (Å²) in [5.41, 5.74) is 8.76. The predicted molar refractivity (Wildman–Crippen MR) is 137 cm³/mol. The molecule has 2 amide bonds. The lowest BCUT2D eigenvalue weighted by Crippen LogP contribution is -2.54. The van der Waals surface area contributed by atoms with Gasteiger partial charge in [0.05, 0.1) is 29.8 Å². The number of nitrogens with one attached hydrogen (secondary N) is 1. The first kappa shape index (κ1) is 27.9. The van der Waals surface area contributed by atoms with E-state index in [0.717, 1.165) is 43.6 Å². The Morgan fingerprint density at radius 2 is 1.77 bits per heavy atom. The number of nitrogens with two attached hydrogens (primary N) is 1. The van der Waals surface area contributed by atoms with Gasteiger partial charge in [0.2, 0.25) is 12.2 Å². The van der Waals surface area contributed by atoms with Crippen LogP contribution in [0.3, 0.4) is 0 Å². The lowest BCUT2D eigenvalue weighted by atomic mass is 9.96. The summed E-state index contributed by atoms with van der Waals surface area (Å²) >= 11 is 0. The van der Waals surface area contributed by atoms with Gasteiger partial charge >= 0.3 is 11.9 Å². The smallest absolute Gasteiger partial charge is 0.303 e. The van der Waals surface area contributed by atoms with Gasteiger partial charge < -0.3 is 30.3 Å². The number of hydrogen-bond acceptors (Lipinski definition) is 9. The van der Waals surface area contributed by atoms with Crippen molar-refractivity contribution in [1.82, 2.24) is 20.0 Å². The van der Waals surface area contributed by atoms with Gasteiger partial charge in [0.15, 0.2) is 0 Å². The van der Waals surface area contributed by atoms with E-state index in [0.29, 0.717) is 18.8 Å². The second-order valence-electron chi connectivity index (χ2n) is 9.87. The summed E-state index contributed by atoms with van der Waals surface area (Å²) in [4.78, 5) is 53.9. The van der Waals surface area contributed by atoms with E-state index in [-0.39, 0.29) is 25.6 Å². The fourth-order valence-electron chi connectivity index (χ4n) is 5.01. The van der Waals surface area contributed by atoms with E-state index in [1.165, 1.54) is 17.0 Å². The molecule has 0 spiro atoms. The molecule has 0 bridgehead atoms. The second-order valence-corrected chi connectivity index (χ2v) is 9.87. The van der Waals surface area contributed by atoms with Crippen molar-refractivity contribution >= 4 is 35.1 Å². The summed E-state index contributed by atoms with van der Waals surface area (Å²) in [6.45, 7) is 4.26. The van der Waals surface area contributed by atoms with Crippen molar-refractivity contribution in [2.45, 2.75) is 52.0 Å². The largest absolute Gasteiger partial charge is 0.448 e. The summed E-state index contributed by atoms with van der Waals surface area (Å²) in [7, 11) is 1.75. The molecule has 12 nitrogen and oxygen atoms in total. The van der Waals surface area contributed by atoms with Crippen LogP contribution in [-0.4, -0.2) is 70.3 Å². The molecule has 13 heteroatoms. The van der Waals surface area contributed by atoms with Crippen LogP contribution >= 0.6 is 0 Å². The van der Waals surface area contributed by atoms with E-state index < -0.39 is 41.8 Å². The molecule has 1 aromatic heterocycles. The number of fused-ring (bicyclic) bond motifs is 1. The van der Waals surface area contributed by atoms with E-state index in [9.17, 15) is 23.6 Å². The number of carbonyl (C=O) groups excluding carboxylic acids is 4. The maximum Gasteiger partial charge on any atom is 0.303 e. The van der Waals surface area contributed by atoms with Crippen LogP contribution in [0.25, 0.3) is 0 Å². The van der Waals surface area contributed by atoms with Gasteiger partial charge in [0.1, 0.15) is 5.82 Å². The molecular formula is C26H33FN6O6. The minimum absolute atomic E-state index is 0.105. The fourth-order valence-corrected chi connectivity index (χ4v) is 5.01. The van der Waals surface area contributed by atoms with E-state index in [4.69, 9.17) is 15.2 Å².